The maximum absolute atomic E-state index is 5.97. The zero-order valence-corrected chi connectivity index (χ0v) is 12.9. The van der Waals surface area contributed by atoms with Gasteiger partial charge in [0, 0.05) is 15.6 Å². The van der Waals surface area contributed by atoms with Gasteiger partial charge in [0.25, 0.3) is 0 Å². The Morgan fingerprint density at radius 1 is 1.14 bits per heavy atom. The highest BCUT2D eigenvalue weighted by Crippen LogP contribution is 2.40. The number of nitrogens with two attached hydrogens (primary N) is 1. The fourth-order valence-electron chi connectivity index (χ4n) is 2.19. The van der Waals surface area contributed by atoms with Crippen molar-refractivity contribution in [2.75, 3.05) is 12.8 Å². The van der Waals surface area contributed by atoms with Crippen LogP contribution in [-0.2, 0) is 0 Å². The summed E-state index contributed by atoms with van der Waals surface area (Å²) in [6.07, 6.45) is 0. The van der Waals surface area contributed by atoms with Crippen LogP contribution in [-0.4, -0.2) is 12.3 Å². The quantitative estimate of drug-likeness (QED) is 0.766. The number of rotatable bonds is 3. The van der Waals surface area contributed by atoms with Gasteiger partial charge in [-0.15, -0.1) is 0 Å². The Balaban J connectivity index is 2.20. The number of hydrogen-bond acceptors (Lipinski definition) is 4. The van der Waals surface area contributed by atoms with Crippen molar-refractivity contribution in [3.63, 3.8) is 0 Å². The first-order chi connectivity index (χ1) is 10.2. The van der Waals surface area contributed by atoms with Crippen LogP contribution in [0.25, 0.3) is 22.4 Å². The van der Waals surface area contributed by atoms with Gasteiger partial charge >= 0.3 is 0 Å². The Labute approximate surface area is 130 Å². The molecule has 21 heavy (non-hydrogen) atoms. The minimum Gasteiger partial charge on any atom is -0.497 e. The van der Waals surface area contributed by atoms with Crippen molar-refractivity contribution in [2.45, 2.75) is 0 Å². The second kappa shape index (κ2) is 5.61. The highest BCUT2D eigenvalue weighted by molar-refractivity contribution is 9.10. The molecule has 106 valence electrons. The molecule has 0 spiro atoms. The lowest BCUT2D eigenvalue weighted by Gasteiger charge is -2.06. The molecule has 0 fully saturated rings. The van der Waals surface area contributed by atoms with E-state index >= 15 is 0 Å². The molecule has 0 atom stereocenters. The molecule has 0 aliphatic heterocycles. The summed E-state index contributed by atoms with van der Waals surface area (Å²) in [5, 5.41) is 4.10. The van der Waals surface area contributed by atoms with E-state index in [2.05, 4.69) is 21.1 Å². The van der Waals surface area contributed by atoms with Gasteiger partial charge in [0.05, 0.1) is 12.7 Å². The van der Waals surface area contributed by atoms with Gasteiger partial charge in [0.1, 0.15) is 11.4 Å². The van der Waals surface area contributed by atoms with Crippen molar-refractivity contribution < 1.29 is 9.26 Å². The van der Waals surface area contributed by atoms with E-state index in [1.807, 2.05) is 48.5 Å². The lowest BCUT2D eigenvalue weighted by atomic mass is 10.0. The molecule has 5 heteroatoms. The fraction of sp³-hybridized carbons (Fsp3) is 0.0625. The molecule has 1 heterocycles. The van der Waals surface area contributed by atoms with Crippen LogP contribution in [0.15, 0.2) is 57.5 Å². The summed E-state index contributed by atoms with van der Waals surface area (Å²) in [6, 6.07) is 15.4. The molecule has 1 aromatic heterocycles. The summed E-state index contributed by atoms with van der Waals surface area (Å²) in [5.74, 6) is 1.05. The number of benzene rings is 2. The maximum Gasteiger partial charge on any atom is 0.230 e. The molecule has 0 saturated carbocycles. The molecule has 2 aromatic carbocycles. The van der Waals surface area contributed by atoms with Gasteiger partial charge in [-0.25, -0.2) is 0 Å². The van der Waals surface area contributed by atoms with Crippen LogP contribution in [0.5, 0.6) is 5.75 Å². The molecule has 3 rings (SSSR count). The lowest BCUT2D eigenvalue weighted by molar-refractivity contribution is 0.415. The smallest absolute Gasteiger partial charge is 0.230 e. The third-order valence-electron chi connectivity index (χ3n) is 3.20. The van der Waals surface area contributed by atoms with E-state index in [-0.39, 0.29) is 0 Å². The van der Waals surface area contributed by atoms with Crippen LogP contribution in [0.3, 0.4) is 0 Å². The monoisotopic (exact) mass is 344 g/mol. The first-order valence-electron chi connectivity index (χ1n) is 6.35. The van der Waals surface area contributed by atoms with Crippen molar-refractivity contribution in [2.24, 2.45) is 0 Å². The van der Waals surface area contributed by atoms with E-state index in [4.69, 9.17) is 15.0 Å². The zero-order valence-electron chi connectivity index (χ0n) is 11.3. The number of aromatic nitrogens is 1. The summed E-state index contributed by atoms with van der Waals surface area (Å²) >= 11 is 3.54. The highest BCUT2D eigenvalue weighted by atomic mass is 79.9. The van der Waals surface area contributed by atoms with E-state index in [1.165, 1.54) is 0 Å². The number of methoxy groups -OCH3 is 1. The van der Waals surface area contributed by atoms with Crippen LogP contribution >= 0.6 is 15.9 Å². The molecule has 0 saturated heterocycles. The Hall–Kier alpha value is -2.27. The SMILES string of the molecule is COc1cccc(-c2noc(N)c2-c2ccccc2Br)c1. The van der Waals surface area contributed by atoms with Gasteiger partial charge in [0.2, 0.25) is 5.88 Å². The number of anilines is 1. The highest BCUT2D eigenvalue weighted by Gasteiger charge is 2.19. The lowest BCUT2D eigenvalue weighted by Crippen LogP contribution is -1.89. The Bertz CT molecular complexity index is 783. The van der Waals surface area contributed by atoms with Crippen LogP contribution < -0.4 is 10.5 Å². The topological polar surface area (TPSA) is 61.3 Å². The molecular weight excluding hydrogens is 332 g/mol. The zero-order chi connectivity index (χ0) is 14.8. The third kappa shape index (κ3) is 2.52. The standard InChI is InChI=1S/C16H13BrN2O2/c1-20-11-6-4-5-10(9-11)15-14(16(18)21-19-15)12-7-2-3-8-13(12)17/h2-9H,18H2,1H3. The van der Waals surface area contributed by atoms with Crippen molar-refractivity contribution in [3.8, 4) is 28.1 Å². The molecule has 3 aromatic rings. The van der Waals surface area contributed by atoms with Crippen molar-refractivity contribution in [3.05, 3.63) is 53.0 Å². The van der Waals surface area contributed by atoms with Crippen molar-refractivity contribution in [1.82, 2.24) is 5.16 Å². The number of hydrogen-bond donors (Lipinski definition) is 1. The molecule has 0 bridgehead atoms. The van der Waals surface area contributed by atoms with Crippen molar-refractivity contribution >= 4 is 21.8 Å². The summed E-state index contributed by atoms with van der Waals surface area (Å²) in [6.45, 7) is 0. The molecule has 4 nitrogen and oxygen atoms in total. The van der Waals surface area contributed by atoms with E-state index in [0.29, 0.717) is 11.6 Å². The number of nitrogens with zero attached hydrogens (tertiary/aromatic N) is 1. The average Bonchev–Trinajstić information content (AvgIpc) is 2.89. The molecular formula is C16H13BrN2O2. The predicted molar refractivity (Wildman–Crippen MR) is 86.0 cm³/mol. The van der Waals surface area contributed by atoms with E-state index in [1.54, 1.807) is 7.11 Å². The Morgan fingerprint density at radius 3 is 2.71 bits per heavy atom. The van der Waals surface area contributed by atoms with Gasteiger partial charge in [-0.1, -0.05) is 51.4 Å². The molecule has 0 aliphatic rings. The van der Waals surface area contributed by atoms with E-state index in [9.17, 15) is 0 Å². The molecule has 0 unspecified atom stereocenters. The number of ether oxygens (including phenoxy) is 1. The van der Waals surface area contributed by atoms with Gasteiger partial charge in [-0.2, -0.15) is 0 Å². The fourth-order valence-corrected chi connectivity index (χ4v) is 2.68. The number of halogens is 1. The first-order valence-corrected chi connectivity index (χ1v) is 7.14. The van der Waals surface area contributed by atoms with Gasteiger partial charge in [0.15, 0.2) is 0 Å². The minimum absolute atomic E-state index is 0.291. The van der Waals surface area contributed by atoms with Gasteiger partial charge in [-0.3, -0.25) is 0 Å². The second-order valence-electron chi connectivity index (χ2n) is 4.48. The molecule has 2 N–H and O–H groups in total. The summed E-state index contributed by atoms with van der Waals surface area (Å²) in [4.78, 5) is 0. The summed E-state index contributed by atoms with van der Waals surface area (Å²) in [5.41, 5.74) is 9.26. The van der Waals surface area contributed by atoms with Gasteiger partial charge < -0.3 is 15.0 Å². The molecule has 0 radical (unpaired) electrons. The first kappa shape index (κ1) is 13.7. The summed E-state index contributed by atoms with van der Waals surface area (Å²) in [7, 11) is 1.63. The Kier molecular flexibility index (Phi) is 3.66. The normalized spacial score (nSPS) is 10.6. The van der Waals surface area contributed by atoms with Gasteiger partial charge in [-0.05, 0) is 18.2 Å². The van der Waals surface area contributed by atoms with Crippen LogP contribution in [0.1, 0.15) is 0 Å². The summed E-state index contributed by atoms with van der Waals surface area (Å²) < 4.78 is 11.4. The third-order valence-corrected chi connectivity index (χ3v) is 3.90. The predicted octanol–water partition coefficient (Wildman–Crippen LogP) is 4.36. The van der Waals surface area contributed by atoms with Crippen LogP contribution in [0.2, 0.25) is 0 Å². The molecule has 0 aliphatic carbocycles. The maximum atomic E-state index is 5.97. The Morgan fingerprint density at radius 2 is 1.95 bits per heavy atom. The second-order valence-corrected chi connectivity index (χ2v) is 5.34. The van der Waals surface area contributed by atoms with E-state index < -0.39 is 0 Å². The van der Waals surface area contributed by atoms with Crippen LogP contribution in [0.4, 0.5) is 5.88 Å². The van der Waals surface area contributed by atoms with E-state index in [0.717, 1.165) is 26.9 Å². The minimum atomic E-state index is 0.291. The van der Waals surface area contributed by atoms with Crippen LogP contribution in [0, 0.1) is 0 Å². The molecule has 0 amide bonds. The van der Waals surface area contributed by atoms with Crippen molar-refractivity contribution in [1.29, 1.82) is 0 Å². The largest absolute Gasteiger partial charge is 0.497 e. The average molecular weight is 345 g/mol. The number of nitrogen functional groups attached to an aromatic ring is 1.